The molecule has 0 spiro atoms. The van der Waals surface area contributed by atoms with Crippen molar-refractivity contribution in [1.29, 1.82) is 0 Å². The number of nitrogens with zero attached hydrogens (tertiary/aromatic N) is 6. The number of hydrogen-bond acceptors (Lipinski definition) is 6. The van der Waals surface area contributed by atoms with Crippen molar-refractivity contribution in [1.82, 2.24) is 29.5 Å². The van der Waals surface area contributed by atoms with Gasteiger partial charge >= 0.3 is 0 Å². The molecule has 1 saturated carbocycles. The Morgan fingerprint density at radius 2 is 1.88 bits per heavy atom. The fraction of sp³-hybridized carbons (Fsp3) is 0.417. The molecule has 5 rings (SSSR count). The molecule has 8 heteroatoms. The Morgan fingerprint density at radius 3 is 2.59 bits per heavy atom. The summed E-state index contributed by atoms with van der Waals surface area (Å²) in [7, 11) is 3.88. The maximum atomic E-state index is 6.31. The third-order valence-electron chi connectivity index (χ3n) is 6.30. The van der Waals surface area contributed by atoms with Gasteiger partial charge in [-0.1, -0.05) is 0 Å². The first-order valence-corrected chi connectivity index (χ1v) is 11.1. The third-order valence-corrected chi connectivity index (χ3v) is 6.30. The molecule has 0 radical (unpaired) electrons. The van der Waals surface area contributed by atoms with Crippen molar-refractivity contribution in [2.24, 2.45) is 14.1 Å². The van der Waals surface area contributed by atoms with Crippen molar-refractivity contribution in [3.63, 3.8) is 0 Å². The predicted molar refractivity (Wildman–Crippen MR) is 125 cm³/mol. The minimum absolute atomic E-state index is 0.240. The quantitative estimate of drug-likeness (QED) is 0.510. The largest absolute Gasteiger partial charge is 0.488 e. The van der Waals surface area contributed by atoms with Crippen molar-refractivity contribution in [2.75, 3.05) is 5.32 Å². The maximum Gasteiger partial charge on any atom is 0.143 e. The molecule has 166 valence electrons. The summed E-state index contributed by atoms with van der Waals surface area (Å²) in [6.45, 7) is 4.09. The van der Waals surface area contributed by atoms with Crippen LogP contribution >= 0.6 is 0 Å². The van der Waals surface area contributed by atoms with Gasteiger partial charge in [-0.2, -0.15) is 10.2 Å². The number of ether oxygens (including phenoxy) is 1. The number of pyridine rings is 2. The molecule has 0 bridgehead atoms. The van der Waals surface area contributed by atoms with Gasteiger partial charge in [-0.3, -0.25) is 14.3 Å². The minimum Gasteiger partial charge on any atom is -0.488 e. The lowest BCUT2D eigenvalue weighted by atomic mass is 9.93. The van der Waals surface area contributed by atoms with Crippen LogP contribution in [0.5, 0.6) is 5.75 Å². The first-order chi connectivity index (χ1) is 15.5. The highest BCUT2D eigenvalue weighted by atomic mass is 16.5. The zero-order valence-electron chi connectivity index (χ0n) is 19.0. The third kappa shape index (κ3) is 3.92. The molecular formula is C24H29N7O. The number of aromatic nitrogens is 6. The first-order valence-electron chi connectivity index (χ1n) is 11.1. The van der Waals surface area contributed by atoms with Crippen LogP contribution in [0.3, 0.4) is 0 Å². The summed E-state index contributed by atoms with van der Waals surface area (Å²) in [5.74, 6) is 1.83. The number of anilines is 1. The van der Waals surface area contributed by atoms with E-state index in [-0.39, 0.29) is 6.10 Å². The molecule has 1 fully saturated rings. The molecule has 4 aromatic rings. The molecule has 1 aliphatic rings. The van der Waals surface area contributed by atoms with E-state index in [1.807, 2.05) is 56.6 Å². The van der Waals surface area contributed by atoms with E-state index in [4.69, 9.17) is 9.84 Å². The lowest BCUT2D eigenvalue weighted by molar-refractivity contribution is 0.147. The van der Waals surface area contributed by atoms with E-state index in [1.54, 1.807) is 4.68 Å². The van der Waals surface area contributed by atoms with Gasteiger partial charge in [-0.15, -0.1) is 0 Å². The van der Waals surface area contributed by atoms with Crippen molar-refractivity contribution >= 4 is 16.7 Å². The average Bonchev–Trinajstić information content (AvgIpc) is 3.35. The van der Waals surface area contributed by atoms with Gasteiger partial charge in [0.2, 0.25) is 0 Å². The molecule has 1 N–H and O–H groups in total. The molecule has 32 heavy (non-hydrogen) atoms. The molecule has 0 saturated heterocycles. The van der Waals surface area contributed by atoms with Crippen LogP contribution in [0.2, 0.25) is 0 Å². The molecule has 1 aliphatic carbocycles. The van der Waals surface area contributed by atoms with Crippen molar-refractivity contribution in [3.05, 3.63) is 48.2 Å². The summed E-state index contributed by atoms with van der Waals surface area (Å²) in [6.07, 6.45) is 11.9. The molecule has 4 heterocycles. The highest BCUT2D eigenvalue weighted by molar-refractivity contribution is 5.93. The lowest BCUT2D eigenvalue weighted by Gasteiger charge is -2.30. The SMILES string of the molecule is Cc1ccnc(C)c1OC1CCC(Nc2cc3c(cn2)c(-c2cnn(C)c2)nn3C)CC1. The predicted octanol–water partition coefficient (Wildman–Crippen LogP) is 4.18. The highest BCUT2D eigenvalue weighted by Crippen LogP contribution is 2.31. The fourth-order valence-electron chi connectivity index (χ4n) is 4.55. The Labute approximate surface area is 187 Å². The van der Waals surface area contributed by atoms with E-state index in [0.717, 1.165) is 70.7 Å². The van der Waals surface area contributed by atoms with Crippen LogP contribution < -0.4 is 10.1 Å². The second-order valence-corrected chi connectivity index (χ2v) is 8.74. The normalized spacial score (nSPS) is 18.8. The molecule has 0 atom stereocenters. The zero-order valence-corrected chi connectivity index (χ0v) is 19.0. The van der Waals surface area contributed by atoms with Gasteiger partial charge in [0.25, 0.3) is 0 Å². The average molecular weight is 432 g/mol. The summed E-state index contributed by atoms with van der Waals surface area (Å²) >= 11 is 0. The Bertz CT molecular complexity index is 1230. The summed E-state index contributed by atoms with van der Waals surface area (Å²) in [6, 6.07) is 4.49. The number of aryl methyl sites for hydroxylation is 4. The number of fused-ring (bicyclic) bond motifs is 1. The standard InChI is InChI=1S/C24H29N7O/c1-15-9-10-25-16(2)24(15)32-19-7-5-18(6-8-19)28-22-11-21-20(13-26-22)23(29-31(21)4)17-12-27-30(3)14-17/h9-14,18-19H,5-8H2,1-4H3,(H,26,28). The van der Waals surface area contributed by atoms with Crippen LogP contribution in [0.4, 0.5) is 5.82 Å². The van der Waals surface area contributed by atoms with Gasteiger partial charge in [-0.05, 0) is 51.2 Å². The maximum absolute atomic E-state index is 6.31. The van der Waals surface area contributed by atoms with Crippen LogP contribution in [0, 0.1) is 13.8 Å². The smallest absolute Gasteiger partial charge is 0.143 e. The Kier molecular flexibility index (Phi) is 5.28. The number of nitrogens with one attached hydrogen (secondary N) is 1. The van der Waals surface area contributed by atoms with Crippen LogP contribution in [0.15, 0.2) is 36.9 Å². The summed E-state index contributed by atoms with van der Waals surface area (Å²) < 4.78 is 10.0. The molecule has 0 amide bonds. The summed E-state index contributed by atoms with van der Waals surface area (Å²) in [5.41, 5.74) is 5.08. The molecular weight excluding hydrogens is 402 g/mol. The van der Waals surface area contributed by atoms with Gasteiger partial charge in [-0.25, -0.2) is 4.98 Å². The van der Waals surface area contributed by atoms with E-state index in [1.165, 1.54) is 0 Å². The van der Waals surface area contributed by atoms with Gasteiger partial charge < -0.3 is 10.1 Å². The Balaban J connectivity index is 1.25. The fourth-order valence-corrected chi connectivity index (χ4v) is 4.55. The van der Waals surface area contributed by atoms with Gasteiger partial charge in [0.05, 0.1) is 23.5 Å². The van der Waals surface area contributed by atoms with E-state index in [9.17, 15) is 0 Å². The first kappa shape index (κ1) is 20.5. The van der Waals surface area contributed by atoms with Gasteiger partial charge in [0.1, 0.15) is 17.3 Å². The van der Waals surface area contributed by atoms with E-state index in [2.05, 4.69) is 33.4 Å². The van der Waals surface area contributed by atoms with Crippen LogP contribution in [-0.2, 0) is 14.1 Å². The monoisotopic (exact) mass is 431 g/mol. The zero-order chi connectivity index (χ0) is 22.2. The lowest BCUT2D eigenvalue weighted by Crippen LogP contribution is -2.31. The van der Waals surface area contributed by atoms with Gasteiger partial charge in [0.15, 0.2) is 0 Å². The molecule has 0 aromatic carbocycles. The van der Waals surface area contributed by atoms with E-state index >= 15 is 0 Å². The second kappa shape index (κ2) is 8.26. The Morgan fingerprint density at radius 1 is 1.06 bits per heavy atom. The van der Waals surface area contributed by atoms with Crippen LogP contribution in [0.25, 0.3) is 22.2 Å². The number of hydrogen-bond donors (Lipinski definition) is 1. The topological polar surface area (TPSA) is 82.7 Å². The second-order valence-electron chi connectivity index (χ2n) is 8.74. The summed E-state index contributed by atoms with van der Waals surface area (Å²) in [4.78, 5) is 9.06. The van der Waals surface area contributed by atoms with Crippen molar-refractivity contribution in [3.8, 4) is 17.0 Å². The van der Waals surface area contributed by atoms with E-state index < -0.39 is 0 Å². The molecule has 0 aliphatic heterocycles. The van der Waals surface area contributed by atoms with E-state index in [0.29, 0.717) is 6.04 Å². The highest BCUT2D eigenvalue weighted by Gasteiger charge is 2.24. The van der Waals surface area contributed by atoms with Crippen LogP contribution in [-0.4, -0.2) is 41.7 Å². The number of rotatable bonds is 5. The van der Waals surface area contributed by atoms with Crippen LogP contribution in [0.1, 0.15) is 36.9 Å². The van der Waals surface area contributed by atoms with Crippen molar-refractivity contribution in [2.45, 2.75) is 51.7 Å². The summed E-state index contributed by atoms with van der Waals surface area (Å²) in [5, 5.41) is 13.6. The molecule has 0 unspecified atom stereocenters. The minimum atomic E-state index is 0.240. The van der Waals surface area contributed by atoms with Crippen molar-refractivity contribution < 1.29 is 4.74 Å². The molecule has 8 nitrogen and oxygen atoms in total. The Hall–Kier alpha value is -3.42. The van der Waals surface area contributed by atoms with Gasteiger partial charge in [0, 0.05) is 55.7 Å². The molecule has 4 aromatic heterocycles.